The SMILES string of the molecule is Cn1ncc(-c2nncn2C2CCCCC2)c1N. The molecule has 0 amide bonds. The van der Waals surface area contributed by atoms with Crippen LogP contribution in [0.1, 0.15) is 38.1 Å². The Morgan fingerprint density at radius 1 is 1.28 bits per heavy atom. The summed E-state index contributed by atoms with van der Waals surface area (Å²) >= 11 is 0. The molecule has 0 spiro atoms. The highest BCUT2D eigenvalue weighted by Crippen LogP contribution is 2.32. The molecule has 0 saturated heterocycles. The minimum absolute atomic E-state index is 0.503. The minimum atomic E-state index is 0.503. The molecular weight excluding hydrogens is 228 g/mol. The fourth-order valence-electron chi connectivity index (χ4n) is 2.68. The van der Waals surface area contributed by atoms with Crippen molar-refractivity contribution in [3.05, 3.63) is 12.5 Å². The van der Waals surface area contributed by atoms with Gasteiger partial charge in [-0.25, -0.2) is 0 Å². The number of nitrogens with zero attached hydrogens (tertiary/aromatic N) is 5. The molecule has 0 aliphatic heterocycles. The summed E-state index contributed by atoms with van der Waals surface area (Å²) in [5, 5.41) is 12.4. The number of hydrogen-bond donors (Lipinski definition) is 1. The van der Waals surface area contributed by atoms with Gasteiger partial charge in [0, 0.05) is 13.1 Å². The maximum Gasteiger partial charge on any atom is 0.169 e. The molecule has 0 unspecified atom stereocenters. The van der Waals surface area contributed by atoms with Gasteiger partial charge in [0.15, 0.2) is 5.82 Å². The van der Waals surface area contributed by atoms with Crippen molar-refractivity contribution in [3.8, 4) is 11.4 Å². The third-order valence-corrected chi connectivity index (χ3v) is 3.77. The van der Waals surface area contributed by atoms with Crippen molar-refractivity contribution < 1.29 is 0 Å². The van der Waals surface area contributed by atoms with Crippen LogP contribution in [0.25, 0.3) is 11.4 Å². The van der Waals surface area contributed by atoms with Crippen molar-refractivity contribution in [1.29, 1.82) is 0 Å². The first-order valence-electron chi connectivity index (χ1n) is 6.44. The molecule has 0 atom stereocenters. The Balaban J connectivity index is 1.98. The third kappa shape index (κ3) is 1.77. The number of nitrogens with two attached hydrogens (primary N) is 1. The van der Waals surface area contributed by atoms with Crippen LogP contribution in [-0.2, 0) is 7.05 Å². The average molecular weight is 246 g/mol. The second-order valence-corrected chi connectivity index (χ2v) is 4.92. The fourth-order valence-corrected chi connectivity index (χ4v) is 2.68. The van der Waals surface area contributed by atoms with Crippen molar-refractivity contribution >= 4 is 5.82 Å². The van der Waals surface area contributed by atoms with E-state index in [1.807, 2.05) is 13.4 Å². The lowest BCUT2D eigenvalue weighted by Crippen LogP contribution is -2.13. The van der Waals surface area contributed by atoms with Gasteiger partial charge in [-0.2, -0.15) is 5.10 Å². The van der Waals surface area contributed by atoms with E-state index in [0.29, 0.717) is 11.9 Å². The first-order valence-corrected chi connectivity index (χ1v) is 6.44. The Bertz CT molecular complexity index is 535. The van der Waals surface area contributed by atoms with Gasteiger partial charge in [-0.1, -0.05) is 19.3 Å². The summed E-state index contributed by atoms with van der Waals surface area (Å²) < 4.78 is 3.82. The molecule has 0 radical (unpaired) electrons. The van der Waals surface area contributed by atoms with Crippen LogP contribution < -0.4 is 5.73 Å². The molecule has 0 bridgehead atoms. The molecule has 2 N–H and O–H groups in total. The molecule has 1 saturated carbocycles. The van der Waals surface area contributed by atoms with E-state index in [1.165, 1.54) is 32.1 Å². The van der Waals surface area contributed by atoms with Gasteiger partial charge < -0.3 is 10.3 Å². The Labute approximate surface area is 106 Å². The monoisotopic (exact) mass is 246 g/mol. The molecule has 2 heterocycles. The van der Waals surface area contributed by atoms with E-state index >= 15 is 0 Å². The second kappa shape index (κ2) is 4.44. The number of rotatable bonds is 2. The number of hydrogen-bond acceptors (Lipinski definition) is 4. The Kier molecular flexibility index (Phi) is 2.77. The normalized spacial score (nSPS) is 17.2. The molecule has 1 aliphatic carbocycles. The van der Waals surface area contributed by atoms with E-state index in [-0.39, 0.29) is 0 Å². The smallest absolute Gasteiger partial charge is 0.169 e. The van der Waals surface area contributed by atoms with Crippen LogP contribution >= 0.6 is 0 Å². The van der Waals surface area contributed by atoms with Crippen LogP contribution in [0.2, 0.25) is 0 Å². The topological polar surface area (TPSA) is 74.5 Å². The maximum absolute atomic E-state index is 6.01. The molecule has 0 aromatic carbocycles. The largest absolute Gasteiger partial charge is 0.383 e. The second-order valence-electron chi connectivity index (χ2n) is 4.92. The summed E-state index contributed by atoms with van der Waals surface area (Å²) in [6, 6.07) is 0.503. The average Bonchev–Trinajstić information content (AvgIpc) is 2.99. The molecule has 2 aromatic rings. The fraction of sp³-hybridized carbons (Fsp3) is 0.583. The molecule has 3 rings (SSSR count). The molecule has 1 fully saturated rings. The third-order valence-electron chi connectivity index (χ3n) is 3.77. The lowest BCUT2D eigenvalue weighted by atomic mass is 9.95. The maximum atomic E-state index is 6.01. The summed E-state index contributed by atoms with van der Waals surface area (Å²) in [4.78, 5) is 0. The van der Waals surface area contributed by atoms with E-state index in [0.717, 1.165) is 11.4 Å². The summed E-state index contributed by atoms with van der Waals surface area (Å²) in [6.07, 6.45) is 9.88. The van der Waals surface area contributed by atoms with Crippen LogP contribution in [0.15, 0.2) is 12.5 Å². The predicted octanol–water partition coefficient (Wildman–Crippen LogP) is 1.77. The molecule has 6 heteroatoms. The van der Waals surface area contributed by atoms with E-state index in [4.69, 9.17) is 5.73 Å². The van der Waals surface area contributed by atoms with Crippen molar-refractivity contribution in [2.75, 3.05) is 5.73 Å². The van der Waals surface area contributed by atoms with Crippen LogP contribution in [0.3, 0.4) is 0 Å². The molecule has 6 nitrogen and oxygen atoms in total. The van der Waals surface area contributed by atoms with E-state index < -0.39 is 0 Å². The Morgan fingerprint density at radius 3 is 2.72 bits per heavy atom. The van der Waals surface area contributed by atoms with Crippen molar-refractivity contribution in [3.63, 3.8) is 0 Å². The van der Waals surface area contributed by atoms with Gasteiger partial charge >= 0.3 is 0 Å². The van der Waals surface area contributed by atoms with Crippen LogP contribution in [-0.4, -0.2) is 24.5 Å². The highest BCUT2D eigenvalue weighted by molar-refractivity contribution is 5.67. The number of aromatic nitrogens is 5. The van der Waals surface area contributed by atoms with Gasteiger partial charge in [0.2, 0.25) is 0 Å². The Morgan fingerprint density at radius 2 is 2.06 bits per heavy atom. The number of aryl methyl sites for hydroxylation is 1. The molecule has 2 aromatic heterocycles. The zero-order valence-electron chi connectivity index (χ0n) is 10.6. The highest BCUT2D eigenvalue weighted by Gasteiger charge is 2.21. The predicted molar refractivity (Wildman–Crippen MR) is 68.8 cm³/mol. The zero-order chi connectivity index (χ0) is 12.5. The van der Waals surface area contributed by atoms with Gasteiger partial charge in [0.05, 0.1) is 11.8 Å². The number of anilines is 1. The van der Waals surface area contributed by atoms with Crippen molar-refractivity contribution in [2.24, 2.45) is 7.05 Å². The lowest BCUT2D eigenvalue weighted by Gasteiger charge is -2.23. The van der Waals surface area contributed by atoms with Gasteiger partial charge in [-0.05, 0) is 12.8 Å². The lowest BCUT2D eigenvalue weighted by molar-refractivity contribution is 0.355. The van der Waals surface area contributed by atoms with Crippen molar-refractivity contribution in [2.45, 2.75) is 38.1 Å². The van der Waals surface area contributed by atoms with Gasteiger partial charge in [0.1, 0.15) is 12.1 Å². The standard InChI is InChI=1S/C12H18N6/c1-17-11(13)10(7-15-17)12-16-14-8-18(12)9-5-3-2-4-6-9/h7-9H,2-6,13H2,1H3. The van der Waals surface area contributed by atoms with Gasteiger partial charge in [-0.15, -0.1) is 10.2 Å². The van der Waals surface area contributed by atoms with Crippen LogP contribution in [0, 0.1) is 0 Å². The first kappa shape index (κ1) is 11.3. The van der Waals surface area contributed by atoms with Crippen LogP contribution in [0.4, 0.5) is 5.82 Å². The molecule has 96 valence electrons. The summed E-state index contributed by atoms with van der Waals surface area (Å²) in [5.74, 6) is 1.48. The zero-order valence-corrected chi connectivity index (χ0v) is 10.6. The number of nitrogen functional groups attached to an aromatic ring is 1. The van der Waals surface area contributed by atoms with E-state index in [2.05, 4.69) is 19.9 Å². The minimum Gasteiger partial charge on any atom is -0.383 e. The molecule has 18 heavy (non-hydrogen) atoms. The van der Waals surface area contributed by atoms with Gasteiger partial charge in [-0.3, -0.25) is 4.68 Å². The summed E-state index contributed by atoms with van der Waals surface area (Å²) in [6.45, 7) is 0. The molecular formula is C12H18N6. The Hall–Kier alpha value is -1.85. The summed E-state index contributed by atoms with van der Waals surface area (Å²) in [5.41, 5.74) is 6.89. The summed E-state index contributed by atoms with van der Waals surface area (Å²) in [7, 11) is 1.83. The first-order chi connectivity index (χ1) is 8.77. The van der Waals surface area contributed by atoms with Crippen LogP contribution in [0.5, 0.6) is 0 Å². The highest BCUT2D eigenvalue weighted by atomic mass is 15.3. The van der Waals surface area contributed by atoms with Crippen molar-refractivity contribution in [1.82, 2.24) is 24.5 Å². The quantitative estimate of drug-likeness (QED) is 0.876. The van der Waals surface area contributed by atoms with E-state index in [9.17, 15) is 0 Å². The molecule has 1 aliphatic rings. The van der Waals surface area contributed by atoms with Gasteiger partial charge in [0.25, 0.3) is 0 Å². The van der Waals surface area contributed by atoms with E-state index in [1.54, 1.807) is 10.9 Å².